The first kappa shape index (κ1) is 43.4. The fourth-order valence-electron chi connectivity index (χ4n) is 0. The molecule has 0 aromatic rings. The zero-order valence-corrected chi connectivity index (χ0v) is 13.6. The van der Waals surface area contributed by atoms with Crippen molar-refractivity contribution >= 4 is 24.2 Å². The van der Waals surface area contributed by atoms with Crippen LogP contribution in [0.4, 0.5) is 0 Å². The van der Waals surface area contributed by atoms with Crippen LogP contribution in [0.25, 0.3) is 0 Å². The van der Waals surface area contributed by atoms with E-state index in [9.17, 15) is 0 Å². The van der Waals surface area contributed by atoms with Crippen LogP contribution >= 0.6 is 24.2 Å². The van der Waals surface area contributed by atoms with E-state index in [2.05, 4.69) is 17.0 Å². The van der Waals surface area contributed by atoms with Crippen LogP contribution in [0, 0.1) is 0 Å². The predicted molar refractivity (Wildman–Crippen MR) is 24.2 cm³/mol. The topological polar surface area (TPSA) is 57.5 Å². The predicted octanol–water partition coefficient (Wildman–Crippen LogP) is -8.95. The molecule has 7 heteroatoms. The van der Waals surface area contributed by atoms with E-state index in [1.807, 2.05) is 0 Å². The molecule has 36 valence electrons. The Morgan fingerprint density at radius 2 is 1.14 bits per heavy atom. The molecule has 0 heterocycles. The Morgan fingerprint density at radius 1 is 1.14 bits per heavy atom. The first-order valence-corrected chi connectivity index (χ1v) is 0.655. The van der Waals surface area contributed by atoms with Gasteiger partial charge in [0, 0.05) is 0 Å². The van der Waals surface area contributed by atoms with Gasteiger partial charge in [-0.15, -0.1) is 12.4 Å². The van der Waals surface area contributed by atoms with Crippen molar-refractivity contribution in [2.45, 2.75) is 0 Å². The monoisotopic (exact) mass is 193 g/mol. The zero-order chi connectivity index (χ0) is 2.00. The molecule has 2 nitrogen and oxygen atoms in total. The molecule has 7 heavy (non-hydrogen) atoms. The van der Waals surface area contributed by atoms with Crippen molar-refractivity contribution < 1.29 is 120 Å². The van der Waals surface area contributed by atoms with E-state index in [0.29, 0.717) is 0 Å². The summed E-state index contributed by atoms with van der Waals surface area (Å²) in [7, 11) is 0. The molecule has 0 aliphatic carbocycles. The smallest absolute Gasteiger partial charge is 1.00 e. The van der Waals surface area contributed by atoms with Crippen molar-refractivity contribution in [3.8, 4) is 0 Å². The van der Waals surface area contributed by atoms with Gasteiger partial charge < -0.3 is 9.76 Å². The molecule has 0 aliphatic heterocycles. The Balaban J connectivity index is -0.000000000179. The maximum Gasteiger partial charge on any atom is 1.00 e. The summed E-state index contributed by atoms with van der Waals surface area (Å²) in [4.78, 5) is 0. The van der Waals surface area contributed by atoms with Gasteiger partial charge in [0.1, 0.15) is 0 Å². The van der Waals surface area contributed by atoms with Crippen LogP contribution in [0.2, 0.25) is 0 Å². The third-order valence-electron chi connectivity index (χ3n) is 0. The van der Waals surface area contributed by atoms with E-state index in [4.69, 9.17) is 0 Å². The molecule has 0 amide bonds. The van der Waals surface area contributed by atoms with Gasteiger partial charge in [0.2, 0.25) is 0 Å². The summed E-state index contributed by atoms with van der Waals surface area (Å²) in [6.07, 6.45) is 0. The summed E-state index contributed by atoms with van der Waals surface area (Å²) in [5, 5.41) is 3.97. The zero-order valence-electron chi connectivity index (χ0n) is 7.86. The number of hydrogen-bond acceptors (Lipinski definition) is 1. The summed E-state index contributed by atoms with van der Waals surface area (Å²) >= 11 is 4.14. The molecule has 0 aromatic heterocycles. The van der Waals surface area contributed by atoms with Crippen LogP contribution < -0.4 is 116 Å². The van der Waals surface area contributed by atoms with Crippen molar-refractivity contribution in [2.75, 3.05) is 0 Å². The normalized spacial score (nSPS) is 0.857. The molecule has 0 rings (SSSR count). The average molecular weight is 194 g/mol. The summed E-state index contributed by atoms with van der Waals surface area (Å²) in [6, 6.07) is 0. The molecule has 0 radical (unpaired) electrons. The molecule has 0 saturated carbocycles. The van der Waals surface area contributed by atoms with Crippen molar-refractivity contribution in [3.05, 3.63) is 0 Å². The van der Waals surface area contributed by atoms with Gasteiger partial charge in [0.15, 0.2) is 0 Å². The first-order chi connectivity index (χ1) is 1.00. The van der Waals surface area contributed by atoms with Crippen molar-refractivity contribution in [3.63, 3.8) is 0 Å². The number of nitrogens with two attached hydrogens (primary N) is 1. The van der Waals surface area contributed by atoms with Crippen LogP contribution in [-0.2, 0) is 0 Å². The van der Waals surface area contributed by atoms with Crippen LogP contribution in [0.15, 0.2) is 0 Å². The maximum absolute atomic E-state index is 4.14. The minimum atomic E-state index is 0. The Hall–Kier alpha value is 4.14. The molecule has 4 N–H and O–H groups in total. The number of halogens is 2. The fourth-order valence-corrected chi connectivity index (χ4v) is 0. The van der Waals surface area contributed by atoms with Crippen LogP contribution in [0.5, 0.6) is 0 Å². The number of hydrogen-bond donors (Lipinski definition) is 1. The van der Waals surface area contributed by atoms with E-state index < -0.39 is 0 Å². The SMILES string of the molecule is Cl.NCl.O.[H-].[H-].[H-].[K+].[Na+].[Na+]. The second-order valence-corrected chi connectivity index (χ2v) is 0. The van der Waals surface area contributed by atoms with Gasteiger partial charge in [0.25, 0.3) is 0 Å². The molecule has 0 unspecified atom stereocenters. The third-order valence-corrected chi connectivity index (χ3v) is 0. The molecular formula is H8Cl2KNNa2O. The standard InChI is InChI=1S/ClH2N.ClH.K.2Na.H2O.3H/c1-2;;;;;;;;/h2H2;1H;;;;1H2;;;/q;;3*+1;;3*-1. The minimum absolute atomic E-state index is 0. The van der Waals surface area contributed by atoms with Gasteiger partial charge in [-0.1, -0.05) is 0 Å². The van der Waals surface area contributed by atoms with Gasteiger partial charge >= 0.3 is 110 Å². The molecule has 0 atom stereocenters. The van der Waals surface area contributed by atoms with Crippen molar-refractivity contribution in [2.24, 2.45) is 5.25 Å². The Bertz CT molecular complexity index is 24.5. The molecule has 0 aliphatic rings. The summed E-state index contributed by atoms with van der Waals surface area (Å²) in [5.74, 6) is 0. The Kier molecular flexibility index (Phi) is 306. The second-order valence-electron chi connectivity index (χ2n) is 0. The quantitative estimate of drug-likeness (QED) is 0.302. The van der Waals surface area contributed by atoms with Crippen LogP contribution in [0.1, 0.15) is 4.28 Å². The van der Waals surface area contributed by atoms with Crippen LogP contribution in [-0.4, -0.2) is 5.48 Å². The molecule has 0 saturated heterocycles. The number of rotatable bonds is 0. The first-order valence-electron chi connectivity index (χ1n) is 0.218. The van der Waals surface area contributed by atoms with Crippen molar-refractivity contribution in [1.82, 2.24) is 0 Å². The fraction of sp³-hybridized carbons (Fsp3) is 0. The van der Waals surface area contributed by atoms with Gasteiger partial charge in [-0.05, 0) is 11.8 Å². The van der Waals surface area contributed by atoms with E-state index in [1.165, 1.54) is 0 Å². The molecule has 0 aromatic carbocycles. The minimum Gasteiger partial charge on any atom is -1.00 e. The molecular weight excluding hydrogens is 186 g/mol. The van der Waals surface area contributed by atoms with Gasteiger partial charge in [-0.2, -0.15) is 0 Å². The maximum atomic E-state index is 4.14. The summed E-state index contributed by atoms with van der Waals surface area (Å²) in [6.45, 7) is 0. The van der Waals surface area contributed by atoms with E-state index in [1.54, 1.807) is 0 Å². The largest absolute Gasteiger partial charge is 1.00 e. The Morgan fingerprint density at radius 3 is 1.14 bits per heavy atom. The van der Waals surface area contributed by atoms with Crippen molar-refractivity contribution in [1.29, 1.82) is 0 Å². The Labute approximate surface area is 146 Å². The summed E-state index contributed by atoms with van der Waals surface area (Å²) < 4.78 is 0. The molecule has 0 spiro atoms. The molecule has 0 fully saturated rings. The van der Waals surface area contributed by atoms with Gasteiger partial charge in [-0.3, -0.25) is 0 Å². The third kappa shape index (κ3) is 39.2. The summed E-state index contributed by atoms with van der Waals surface area (Å²) in [5.41, 5.74) is 0. The second kappa shape index (κ2) is 49.5. The van der Waals surface area contributed by atoms with E-state index in [-0.39, 0.29) is 133 Å². The van der Waals surface area contributed by atoms with E-state index in [0.717, 1.165) is 0 Å². The van der Waals surface area contributed by atoms with Gasteiger partial charge in [-0.25, -0.2) is 5.25 Å². The average Bonchev–Trinajstić information content (AvgIpc) is 1.00. The van der Waals surface area contributed by atoms with Gasteiger partial charge in [0.05, 0.1) is 0 Å². The molecule has 0 bridgehead atoms. The van der Waals surface area contributed by atoms with Crippen LogP contribution in [0.3, 0.4) is 0 Å². The van der Waals surface area contributed by atoms with E-state index >= 15 is 0 Å².